The van der Waals surface area contributed by atoms with Crippen molar-refractivity contribution in [3.05, 3.63) is 42.4 Å². The van der Waals surface area contributed by atoms with E-state index < -0.39 is 31.1 Å². The molecule has 1 saturated heterocycles. The first-order chi connectivity index (χ1) is 17.5. The van der Waals surface area contributed by atoms with Crippen LogP contribution in [0.3, 0.4) is 0 Å². The molecule has 11 heteroatoms. The number of hydrogen-bond acceptors (Lipinski definition) is 9. The molecule has 3 aromatic heterocycles. The highest BCUT2D eigenvalue weighted by atomic mass is 16.6. The van der Waals surface area contributed by atoms with Crippen molar-refractivity contribution in [2.45, 2.75) is 63.2 Å². The molecule has 188 valence electrons. The van der Waals surface area contributed by atoms with Gasteiger partial charge >= 0.3 is 0 Å². The van der Waals surface area contributed by atoms with Gasteiger partial charge in [0.2, 0.25) is 0 Å². The van der Waals surface area contributed by atoms with Crippen molar-refractivity contribution in [3.63, 3.8) is 0 Å². The van der Waals surface area contributed by atoms with Gasteiger partial charge in [-0.25, -0.2) is 15.0 Å². The van der Waals surface area contributed by atoms with Gasteiger partial charge in [0.25, 0.3) is 0 Å². The summed E-state index contributed by atoms with van der Waals surface area (Å²) >= 11 is 0. The molecule has 1 saturated carbocycles. The lowest BCUT2D eigenvalue weighted by Gasteiger charge is -2.18. The van der Waals surface area contributed by atoms with Gasteiger partial charge in [0.15, 0.2) is 29.0 Å². The number of aliphatic hydroxyl groups is 3. The highest BCUT2D eigenvalue weighted by molar-refractivity contribution is 5.87. The van der Waals surface area contributed by atoms with Gasteiger partial charge in [0.1, 0.15) is 24.0 Å². The molecule has 1 aliphatic heterocycles. The van der Waals surface area contributed by atoms with E-state index >= 15 is 0 Å². The molecule has 4 atom stereocenters. The Morgan fingerprint density at radius 2 is 1.89 bits per heavy atom. The first kappa shape index (κ1) is 23.0. The topological polar surface area (TPSA) is 154 Å². The maximum absolute atomic E-state index is 10.6. The number of benzene rings is 1. The molecule has 0 radical (unpaired) electrons. The van der Waals surface area contributed by atoms with Gasteiger partial charge in [-0.3, -0.25) is 9.67 Å². The molecule has 0 bridgehead atoms. The van der Waals surface area contributed by atoms with Crippen molar-refractivity contribution in [2.24, 2.45) is 0 Å². The Bertz CT molecular complexity index is 1360. The highest BCUT2D eigenvalue weighted by Gasteiger charge is 2.44. The molecular formula is C25H29N7O4. The zero-order chi connectivity index (χ0) is 24.8. The zero-order valence-corrected chi connectivity index (χ0v) is 19.9. The summed E-state index contributed by atoms with van der Waals surface area (Å²) in [5, 5.41) is 41.4. The first-order valence-electron chi connectivity index (χ1n) is 12.3. The molecule has 5 N–H and O–H groups in total. The fraction of sp³-hybridized carbons (Fsp3) is 0.440. The maximum Gasteiger partial charge on any atom is 0.184 e. The minimum absolute atomic E-state index is 0.283. The van der Waals surface area contributed by atoms with Crippen molar-refractivity contribution >= 4 is 17.0 Å². The summed E-state index contributed by atoms with van der Waals surface area (Å²) < 4.78 is 7.35. The normalized spacial score (nSPS) is 24.7. The fourth-order valence-electron chi connectivity index (χ4n) is 5.10. The van der Waals surface area contributed by atoms with E-state index in [9.17, 15) is 15.3 Å². The SMILES string of the molecule is Cc1ccc(-c2c[nH]nc2-c2nc(NC3CCCC3)c3ncn([C@@H]4O[C@H](CO)[C@@H](O)[C@H]4O)c3n2)cc1. The van der Waals surface area contributed by atoms with Gasteiger partial charge in [-0.15, -0.1) is 0 Å². The lowest BCUT2D eigenvalue weighted by Crippen LogP contribution is -2.33. The second kappa shape index (κ2) is 9.25. The van der Waals surface area contributed by atoms with Crippen LogP contribution in [0.15, 0.2) is 36.8 Å². The third-order valence-electron chi connectivity index (χ3n) is 7.12. The predicted octanol–water partition coefficient (Wildman–Crippen LogP) is 2.16. The van der Waals surface area contributed by atoms with E-state index in [-0.39, 0.29) is 6.04 Å². The minimum atomic E-state index is -1.25. The van der Waals surface area contributed by atoms with Crippen molar-refractivity contribution in [1.82, 2.24) is 29.7 Å². The quantitative estimate of drug-likeness (QED) is 0.273. The van der Waals surface area contributed by atoms with E-state index in [1.54, 1.807) is 4.57 Å². The second-order valence-corrected chi connectivity index (χ2v) is 9.59. The summed E-state index contributed by atoms with van der Waals surface area (Å²) in [6, 6.07) is 8.43. The van der Waals surface area contributed by atoms with Crippen LogP contribution in [-0.2, 0) is 4.74 Å². The van der Waals surface area contributed by atoms with Crippen molar-refractivity contribution < 1.29 is 20.1 Å². The molecule has 2 fully saturated rings. The Balaban J connectivity index is 1.48. The van der Waals surface area contributed by atoms with Crippen molar-refractivity contribution in [2.75, 3.05) is 11.9 Å². The number of imidazole rings is 1. The van der Waals surface area contributed by atoms with Gasteiger partial charge in [-0.2, -0.15) is 5.10 Å². The summed E-state index contributed by atoms with van der Waals surface area (Å²) in [7, 11) is 0. The lowest BCUT2D eigenvalue weighted by atomic mass is 10.0. The van der Waals surface area contributed by atoms with E-state index in [0.717, 1.165) is 42.4 Å². The fourth-order valence-corrected chi connectivity index (χ4v) is 5.10. The number of nitrogens with zero attached hydrogens (tertiary/aromatic N) is 5. The third-order valence-corrected chi connectivity index (χ3v) is 7.12. The smallest absolute Gasteiger partial charge is 0.184 e. The Kier molecular flexibility index (Phi) is 5.92. The molecule has 1 aliphatic carbocycles. The Morgan fingerprint density at radius 1 is 1.11 bits per heavy atom. The number of fused-ring (bicyclic) bond motifs is 1. The number of ether oxygens (including phenoxy) is 1. The molecule has 11 nitrogen and oxygen atoms in total. The maximum atomic E-state index is 10.6. The average molecular weight is 492 g/mol. The second-order valence-electron chi connectivity index (χ2n) is 9.59. The third kappa shape index (κ3) is 3.94. The predicted molar refractivity (Wildman–Crippen MR) is 132 cm³/mol. The first-order valence-corrected chi connectivity index (χ1v) is 12.3. The molecule has 0 amide bonds. The van der Waals surface area contributed by atoms with Crippen LogP contribution < -0.4 is 5.32 Å². The molecule has 1 aromatic carbocycles. The van der Waals surface area contributed by atoms with Crippen LogP contribution in [0.5, 0.6) is 0 Å². The van der Waals surface area contributed by atoms with Crippen molar-refractivity contribution in [3.8, 4) is 22.6 Å². The molecule has 0 unspecified atom stereocenters. The number of rotatable bonds is 6. The standard InChI is InChI=1S/C25H29N7O4/c1-13-6-8-14(9-7-13)16-10-27-31-18(16)22-29-23(28-15-4-2-3-5-15)19-24(30-22)32(12-26-19)25-21(35)20(34)17(11-33)36-25/h6-10,12,15,17,20-21,25,33-35H,2-5,11H2,1H3,(H,27,31)(H,28,29,30)/t17-,20-,21-,25-/m1/s1. The van der Waals surface area contributed by atoms with Gasteiger partial charge in [-0.05, 0) is 25.3 Å². The summed E-state index contributed by atoms with van der Waals surface area (Å²) in [4.78, 5) is 14.2. The summed E-state index contributed by atoms with van der Waals surface area (Å²) in [5.41, 5.74) is 4.57. The van der Waals surface area contributed by atoms with Crippen LogP contribution in [0.1, 0.15) is 37.5 Å². The van der Waals surface area contributed by atoms with Gasteiger partial charge < -0.3 is 25.4 Å². The number of aromatic amines is 1. The van der Waals surface area contributed by atoms with Crippen LogP contribution in [0.25, 0.3) is 33.8 Å². The number of aryl methyl sites for hydroxylation is 1. The molecule has 6 rings (SSSR count). The average Bonchev–Trinajstić information content (AvgIpc) is 3.68. The van der Waals surface area contributed by atoms with Crippen molar-refractivity contribution in [1.29, 1.82) is 0 Å². The molecular weight excluding hydrogens is 462 g/mol. The van der Waals surface area contributed by atoms with E-state index in [2.05, 4.69) is 20.5 Å². The number of hydrogen-bond donors (Lipinski definition) is 5. The zero-order valence-electron chi connectivity index (χ0n) is 19.9. The Morgan fingerprint density at radius 3 is 2.61 bits per heavy atom. The summed E-state index contributed by atoms with van der Waals surface area (Å²) in [6.07, 6.45) is 3.42. The van der Waals surface area contributed by atoms with Crippen LogP contribution in [-0.4, -0.2) is 76.0 Å². The number of H-pyrrole nitrogens is 1. The number of aromatic nitrogens is 6. The molecule has 2 aliphatic rings. The van der Waals surface area contributed by atoms with E-state index in [4.69, 9.17) is 14.7 Å². The molecule has 4 heterocycles. The molecule has 36 heavy (non-hydrogen) atoms. The number of aliphatic hydroxyl groups excluding tert-OH is 3. The summed E-state index contributed by atoms with van der Waals surface area (Å²) in [5.74, 6) is 0.985. The lowest BCUT2D eigenvalue weighted by molar-refractivity contribution is -0.0511. The molecule has 0 spiro atoms. The monoisotopic (exact) mass is 491 g/mol. The van der Waals surface area contributed by atoms with E-state index in [1.165, 1.54) is 6.33 Å². The van der Waals surface area contributed by atoms with Crippen LogP contribution in [0.4, 0.5) is 5.82 Å². The van der Waals surface area contributed by atoms with E-state index in [0.29, 0.717) is 28.5 Å². The van der Waals surface area contributed by atoms with Gasteiger partial charge in [-0.1, -0.05) is 42.7 Å². The van der Waals surface area contributed by atoms with Crippen LogP contribution >= 0.6 is 0 Å². The minimum Gasteiger partial charge on any atom is -0.394 e. The summed E-state index contributed by atoms with van der Waals surface area (Å²) in [6.45, 7) is 1.63. The highest BCUT2D eigenvalue weighted by Crippen LogP contribution is 2.35. The van der Waals surface area contributed by atoms with Gasteiger partial charge in [0, 0.05) is 17.8 Å². The van der Waals surface area contributed by atoms with Gasteiger partial charge in [0.05, 0.1) is 12.9 Å². The van der Waals surface area contributed by atoms with Crippen LogP contribution in [0.2, 0.25) is 0 Å². The number of anilines is 1. The largest absolute Gasteiger partial charge is 0.394 e. The van der Waals surface area contributed by atoms with Crippen LogP contribution in [0, 0.1) is 6.92 Å². The molecule has 4 aromatic rings. The Hall–Kier alpha value is -3.38. The van der Waals surface area contributed by atoms with E-state index in [1.807, 2.05) is 37.4 Å². The number of nitrogens with one attached hydrogen (secondary N) is 2. The Labute approximate surface area is 207 Å².